The molecule has 6 nitrogen and oxygen atoms in total. The van der Waals surface area contributed by atoms with Crippen LogP contribution in [-0.4, -0.2) is 51.1 Å². The van der Waals surface area contributed by atoms with Crippen molar-refractivity contribution in [1.29, 1.82) is 0 Å². The second-order valence-electron chi connectivity index (χ2n) is 8.41. The first-order chi connectivity index (χ1) is 15.6. The molecule has 1 amide bonds. The van der Waals surface area contributed by atoms with Crippen LogP contribution < -0.4 is 20.4 Å². The van der Waals surface area contributed by atoms with Gasteiger partial charge in [-0.25, -0.2) is 4.39 Å². The van der Waals surface area contributed by atoms with E-state index >= 15 is 0 Å². The molecule has 4 rings (SSSR count). The van der Waals surface area contributed by atoms with E-state index in [1.807, 2.05) is 29.2 Å². The van der Waals surface area contributed by atoms with E-state index in [9.17, 15) is 9.18 Å². The molecular weight excluding hydrogens is 532 g/mol. The standard InChI is InChI=1S/C25H32FN5O.HI/c1-27-25(29-21-12-15-30(16-13-21)22-8-4-7-20(26)18-22)28-14-5-10-24(32)31-17-11-19-6-2-3-9-23(19)31;/h2-4,6-9,18,21H,5,10-17H2,1H3,(H2,27,28,29);1H. The maximum absolute atomic E-state index is 13.5. The van der Waals surface area contributed by atoms with Gasteiger partial charge in [-0.15, -0.1) is 24.0 Å². The number of halogens is 2. The van der Waals surface area contributed by atoms with Crippen molar-refractivity contribution in [3.05, 3.63) is 59.9 Å². The lowest BCUT2D eigenvalue weighted by Crippen LogP contribution is -2.49. The van der Waals surface area contributed by atoms with Gasteiger partial charge < -0.3 is 20.4 Å². The average Bonchev–Trinajstić information content (AvgIpc) is 3.25. The number of amides is 1. The van der Waals surface area contributed by atoms with Gasteiger partial charge in [0.1, 0.15) is 5.82 Å². The highest BCUT2D eigenvalue weighted by molar-refractivity contribution is 14.0. The number of aliphatic imine (C=N–C) groups is 1. The predicted octanol–water partition coefficient (Wildman–Crippen LogP) is 3.95. The van der Waals surface area contributed by atoms with Crippen molar-refractivity contribution < 1.29 is 9.18 Å². The summed E-state index contributed by atoms with van der Waals surface area (Å²) in [5, 5.41) is 6.83. The number of para-hydroxylation sites is 1. The quantitative estimate of drug-likeness (QED) is 0.241. The molecule has 0 aromatic heterocycles. The summed E-state index contributed by atoms with van der Waals surface area (Å²) in [7, 11) is 1.77. The Morgan fingerprint density at radius 2 is 1.91 bits per heavy atom. The van der Waals surface area contributed by atoms with Crippen molar-refractivity contribution in [2.24, 2.45) is 4.99 Å². The molecule has 0 aliphatic carbocycles. The van der Waals surface area contributed by atoms with Crippen molar-refractivity contribution in [2.75, 3.05) is 43.0 Å². The van der Waals surface area contributed by atoms with Gasteiger partial charge >= 0.3 is 0 Å². The molecule has 2 aliphatic heterocycles. The maximum atomic E-state index is 13.5. The minimum Gasteiger partial charge on any atom is -0.371 e. The van der Waals surface area contributed by atoms with Crippen molar-refractivity contribution in [2.45, 2.75) is 38.1 Å². The largest absolute Gasteiger partial charge is 0.371 e. The van der Waals surface area contributed by atoms with E-state index in [0.29, 0.717) is 19.0 Å². The number of carbonyl (C=O) groups excluding carboxylic acids is 1. The summed E-state index contributed by atoms with van der Waals surface area (Å²) in [6, 6.07) is 15.3. The Hall–Kier alpha value is -2.36. The molecule has 2 heterocycles. The summed E-state index contributed by atoms with van der Waals surface area (Å²) in [5.41, 5.74) is 3.26. The van der Waals surface area contributed by atoms with Crippen LogP contribution in [0.3, 0.4) is 0 Å². The van der Waals surface area contributed by atoms with Gasteiger partial charge in [0, 0.05) is 57.1 Å². The number of guanidine groups is 1. The number of nitrogens with one attached hydrogen (secondary N) is 2. The smallest absolute Gasteiger partial charge is 0.227 e. The van der Waals surface area contributed by atoms with E-state index in [1.54, 1.807) is 19.2 Å². The lowest BCUT2D eigenvalue weighted by atomic mass is 10.0. The highest BCUT2D eigenvalue weighted by Gasteiger charge is 2.24. The molecule has 8 heteroatoms. The molecule has 0 radical (unpaired) electrons. The fourth-order valence-corrected chi connectivity index (χ4v) is 4.52. The van der Waals surface area contributed by atoms with Crippen LogP contribution in [0.5, 0.6) is 0 Å². The first-order valence-electron chi connectivity index (χ1n) is 11.5. The molecule has 0 unspecified atom stereocenters. The second kappa shape index (κ2) is 12.2. The number of piperidine rings is 1. The summed E-state index contributed by atoms with van der Waals surface area (Å²) in [5.74, 6) is 0.761. The van der Waals surface area contributed by atoms with E-state index < -0.39 is 0 Å². The summed E-state index contributed by atoms with van der Waals surface area (Å²) in [6.45, 7) is 3.24. The molecule has 2 aliphatic rings. The number of benzene rings is 2. The molecule has 33 heavy (non-hydrogen) atoms. The second-order valence-corrected chi connectivity index (χ2v) is 8.41. The molecule has 2 aromatic carbocycles. The van der Waals surface area contributed by atoms with Gasteiger partial charge in [-0.3, -0.25) is 9.79 Å². The fourth-order valence-electron chi connectivity index (χ4n) is 4.52. The number of rotatable bonds is 6. The number of fused-ring (bicyclic) bond motifs is 1. The minimum atomic E-state index is -0.195. The Bertz CT molecular complexity index is 961. The van der Waals surface area contributed by atoms with Crippen LogP contribution in [0.4, 0.5) is 15.8 Å². The van der Waals surface area contributed by atoms with Crippen molar-refractivity contribution in [1.82, 2.24) is 10.6 Å². The molecule has 2 aromatic rings. The number of nitrogens with zero attached hydrogens (tertiary/aromatic N) is 3. The topological polar surface area (TPSA) is 60.0 Å². The third kappa shape index (κ3) is 6.59. The van der Waals surface area contributed by atoms with Gasteiger partial charge in [-0.1, -0.05) is 24.3 Å². The molecule has 1 fully saturated rings. The van der Waals surface area contributed by atoms with E-state index in [-0.39, 0.29) is 35.7 Å². The van der Waals surface area contributed by atoms with Crippen LogP contribution in [0.1, 0.15) is 31.2 Å². The lowest BCUT2D eigenvalue weighted by Gasteiger charge is -2.34. The summed E-state index contributed by atoms with van der Waals surface area (Å²) in [4.78, 5) is 21.1. The summed E-state index contributed by atoms with van der Waals surface area (Å²) in [6.07, 6.45) is 4.14. The zero-order valence-electron chi connectivity index (χ0n) is 19.1. The van der Waals surface area contributed by atoms with Gasteiger partial charge in [-0.05, 0) is 55.5 Å². The number of hydrogen-bond donors (Lipinski definition) is 2. The Balaban J connectivity index is 0.00000306. The van der Waals surface area contributed by atoms with E-state index in [4.69, 9.17) is 0 Å². The number of carbonyl (C=O) groups is 1. The molecule has 2 N–H and O–H groups in total. The van der Waals surface area contributed by atoms with Crippen molar-refractivity contribution in [3.8, 4) is 0 Å². The Kier molecular flexibility index (Phi) is 9.34. The normalized spacial score (nSPS) is 16.2. The monoisotopic (exact) mass is 565 g/mol. The maximum Gasteiger partial charge on any atom is 0.227 e. The minimum absolute atomic E-state index is 0. The zero-order valence-corrected chi connectivity index (χ0v) is 21.4. The van der Waals surface area contributed by atoms with Crippen molar-refractivity contribution in [3.63, 3.8) is 0 Å². The van der Waals surface area contributed by atoms with Crippen molar-refractivity contribution >= 4 is 47.2 Å². The zero-order chi connectivity index (χ0) is 22.3. The first kappa shape index (κ1) is 25.3. The lowest BCUT2D eigenvalue weighted by molar-refractivity contribution is -0.118. The van der Waals surface area contributed by atoms with Gasteiger partial charge in [0.05, 0.1) is 0 Å². The summed E-state index contributed by atoms with van der Waals surface area (Å²) >= 11 is 0. The molecular formula is C25H33FIN5O. The molecule has 1 saturated heterocycles. The molecule has 0 spiro atoms. The average molecular weight is 565 g/mol. The SMILES string of the molecule is CN=C(NCCCC(=O)N1CCc2ccccc21)NC1CCN(c2cccc(F)c2)CC1.I. The van der Waals surface area contributed by atoms with Gasteiger partial charge in [0.2, 0.25) is 5.91 Å². The summed E-state index contributed by atoms with van der Waals surface area (Å²) < 4.78 is 13.5. The highest BCUT2D eigenvalue weighted by Crippen LogP contribution is 2.28. The van der Waals surface area contributed by atoms with E-state index in [0.717, 1.165) is 62.7 Å². The van der Waals surface area contributed by atoms with Crippen LogP contribution in [0, 0.1) is 5.82 Å². The van der Waals surface area contributed by atoms with Crippen LogP contribution in [0.25, 0.3) is 0 Å². The Morgan fingerprint density at radius 1 is 1.12 bits per heavy atom. The molecule has 178 valence electrons. The molecule has 0 bridgehead atoms. The van der Waals surface area contributed by atoms with Gasteiger partial charge in [-0.2, -0.15) is 0 Å². The van der Waals surface area contributed by atoms with Crippen LogP contribution >= 0.6 is 24.0 Å². The van der Waals surface area contributed by atoms with Crippen LogP contribution in [-0.2, 0) is 11.2 Å². The third-order valence-corrected chi connectivity index (χ3v) is 6.28. The van der Waals surface area contributed by atoms with Gasteiger partial charge in [0.25, 0.3) is 0 Å². The van der Waals surface area contributed by atoms with E-state index in [2.05, 4.69) is 26.6 Å². The molecule has 0 saturated carbocycles. The number of anilines is 2. The molecule has 0 atom stereocenters. The highest BCUT2D eigenvalue weighted by atomic mass is 127. The third-order valence-electron chi connectivity index (χ3n) is 6.28. The van der Waals surface area contributed by atoms with Crippen LogP contribution in [0.15, 0.2) is 53.5 Å². The van der Waals surface area contributed by atoms with Crippen LogP contribution in [0.2, 0.25) is 0 Å². The predicted molar refractivity (Wildman–Crippen MR) is 143 cm³/mol. The first-order valence-corrected chi connectivity index (χ1v) is 11.5. The Labute approximate surface area is 212 Å². The number of hydrogen-bond acceptors (Lipinski definition) is 3. The Morgan fingerprint density at radius 3 is 2.67 bits per heavy atom. The van der Waals surface area contributed by atoms with Gasteiger partial charge in [0.15, 0.2) is 5.96 Å². The fraction of sp³-hybridized carbons (Fsp3) is 0.440. The van der Waals surface area contributed by atoms with E-state index in [1.165, 1.54) is 11.6 Å².